The van der Waals surface area contributed by atoms with Gasteiger partial charge >= 0.3 is 6.01 Å². The quantitative estimate of drug-likeness (QED) is 0.668. The van der Waals surface area contributed by atoms with Crippen LogP contribution >= 0.6 is 0 Å². The van der Waals surface area contributed by atoms with Crippen LogP contribution in [0.3, 0.4) is 0 Å². The molecule has 2 aliphatic rings. The summed E-state index contributed by atoms with van der Waals surface area (Å²) in [4.78, 5) is 12.8. The van der Waals surface area contributed by atoms with Crippen molar-refractivity contribution in [3.05, 3.63) is 30.2 Å². The summed E-state index contributed by atoms with van der Waals surface area (Å²) >= 11 is 0. The van der Waals surface area contributed by atoms with Crippen LogP contribution in [0.2, 0.25) is 0 Å². The molecule has 2 atom stereocenters. The van der Waals surface area contributed by atoms with E-state index in [-0.39, 0.29) is 36.6 Å². The van der Waals surface area contributed by atoms with E-state index in [0.29, 0.717) is 17.1 Å². The standard InChI is InChI=1S/C19H19F2N5O2/c1-27-17-14(9-23-18(24-17)28-2)15-6-13(16-22-3-4-26(16)25-15)12-5-11(12)10-7-19(20,21)8-10/h3-4,6,9-12H,5,7-8H2,1-2H3/t11-,12+/m1/s1. The average molecular weight is 387 g/mol. The third-order valence-corrected chi connectivity index (χ3v) is 5.74. The van der Waals surface area contributed by atoms with Crippen molar-refractivity contribution in [1.82, 2.24) is 24.6 Å². The molecule has 0 radical (unpaired) electrons. The number of rotatable bonds is 5. The molecule has 0 N–H and O–H groups in total. The molecule has 28 heavy (non-hydrogen) atoms. The van der Waals surface area contributed by atoms with E-state index in [1.165, 1.54) is 14.2 Å². The monoisotopic (exact) mass is 387 g/mol. The fourth-order valence-corrected chi connectivity index (χ4v) is 4.23. The first-order chi connectivity index (χ1) is 13.5. The van der Waals surface area contributed by atoms with Gasteiger partial charge in [0.25, 0.3) is 0 Å². The molecular formula is C19H19F2N5O2. The molecule has 7 nitrogen and oxygen atoms in total. The zero-order valence-corrected chi connectivity index (χ0v) is 15.5. The molecular weight excluding hydrogens is 368 g/mol. The van der Waals surface area contributed by atoms with E-state index in [1.54, 1.807) is 23.1 Å². The molecule has 2 saturated carbocycles. The summed E-state index contributed by atoms with van der Waals surface area (Å²) in [6.07, 6.45) is 5.97. The number of imidazole rings is 1. The summed E-state index contributed by atoms with van der Waals surface area (Å²) in [6, 6.07) is 2.16. The largest absolute Gasteiger partial charge is 0.480 e. The minimum atomic E-state index is -2.49. The van der Waals surface area contributed by atoms with Gasteiger partial charge in [-0.05, 0) is 30.2 Å². The molecule has 3 heterocycles. The van der Waals surface area contributed by atoms with Crippen LogP contribution in [0.1, 0.15) is 30.7 Å². The van der Waals surface area contributed by atoms with Gasteiger partial charge in [0, 0.05) is 37.0 Å². The second-order valence-electron chi connectivity index (χ2n) is 7.49. The lowest BCUT2D eigenvalue weighted by molar-refractivity contribution is -0.116. The normalized spacial score (nSPS) is 23.4. The highest BCUT2D eigenvalue weighted by molar-refractivity contribution is 5.67. The van der Waals surface area contributed by atoms with E-state index in [1.807, 2.05) is 6.07 Å². The summed E-state index contributed by atoms with van der Waals surface area (Å²) in [5.74, 6) is -1.54. The van der Waals surface area contributed by atoms with Crippen LogP contribution < -0.4 is 9.47 Å². The molecule has 5 rings (SSSR count). The van der Waals surface area contributed by atoms with Gasteiger partial charge in [0.2, 0.25) is 11.8 Å². The Kier molecular flexibility index (Phi) is 3.75. The summed E-state index contributed by atoms with van der Waals surface area (Å²) < 4.78 is 38.7. The Morgan fingerprint density at radius 1 is 1.18 bits per heavy atom. The lowest BCUT2D eigenvalue weighted by Gasteiger charge is -2.35. The lowest BCUT2D eigenvalue weighted by atomic mass is 9.77. The zero-order chi connectivity index (χ0) is 19.5. The SMILES string of the molecule is COc1ncc(-c2cc([C@H]3C[C@@H]3C3CC(F)(F)C3)c3nccn3n2)c(OC)n1. The molecule has 0 bridgehead atoms. The number of hydrogen-bond donors (Lipinski definition) is 0. The molecule has 3 aromatic rings. The second kappa shape index (κ2) is 6.08. The number of nitrogens with zero attached hydrogens (tertiary/aromatic N) is 5. The highest BCUT2D eigenvalue weighted by Crippen LogP contribution is 2.61. The van der Waals surface area contributed by atoms with Crippen LogP contribution in [0.15, 0.2) is 24.7 Å². The van der Waals surface area contributed by atoms with E-state index in [2.05, 4.69) is 20.1 Å². The van der Waals surface area contributed by atoms with Crippen molar-refractivity contribution in [2.75, 3.05) is 14.2 Å². The van der Waals surface area contributed by atoms with Crippen LogP contribution in [-0.2, 0) is 0 Å². The van der Waals surface area contributed by atoms with Crippen LogP contribution in [0.4, 0.5) is 8.78 Å². The van der Waals surface area contributed by atoms with Gasteiger partial charge in [0.15, 0.2) is 5.65 Å². The fourth-order valence-electron chi connectivity index (χ4n) is 4.23. The smallest absolute Gasteiger partial charge is 0.319 e. The number of ether oxygens (including phenoxy) is 2. The molecule has 146 valence electrons. The molecule has 0 spiro atoms. The second-order valence-corrected chi connectivity index (χ2v) is 7.49. The van der Waals surface area contributed by atoms with Crippen LogP contribution in [-0.4, -0.2) is 44.7 Å². The first-order valence-electron chi connectivity index (χ1n) is 9.16. The zero-order valence-electron chi connectivity index (χ0n) is 15.5. The van der Waals surface area contributed by atoms with Gasteiger partial charge in [-0.1, -0.05) is 0 Å². The van der Waals surface area contributed by atoms with Crippen LogP contribution in [0.25, 0.3) is 16.9 Å². The van der Waals surface area contributed by atoms with Gasteiger partial charge in [-0.2, -0.15) is 10.1 Å². The average Bonchev–Trinajstić information content (AvgIpc) is 3.32. The molecule has 9 heteroatoms. The Balaban J connectivity index is 1.53. The van der Waals surface area contributed by atoms with Crippen molar-refractivity contribution in [3.8, 4) is 23.1 Å². The topological polar surface area (TPSA) is 74.4 Å². The number of aromatic nitrogens is 5. The van der Waals surface area contributed by atoms with E-state index >= 15 is 0 Å². The van der Waals surface area contributed by atoms with Gasteiger partial charge < -0.3 is 9.47 Å². The number of fused-ring (bicyclic) bond motifs is 1. The maximum atomic E-state index is 13.3. The molecule has 0 aromatic carbocycles. The number of hydrogen-bond acceptors (Lipinski definition) is 6. The highest BCUT2D eigenvalue weighted by Gasteiger charge is 2.56. The van der Waals surface area contributed by atoms with E-state index in [9.17, 15) is 8.78 Å². The third-order valence-electron chi connectivity index (χ3n) is 5.74. The summed E-state index contributed by atoms with van der Waals surface area (Å²) in [5, 5.41) is 4.60. The van der Waals surface area contributed by atoms with Gasteiger partial charge in [-0.25, -0.2) is 23.3 Å². The molecule has 2 fully saturated rings. The maximum absolute atomic E-state index is 13.3. The van der Waals surface area contributed by atoms with Crippen molar-refractivity contribution >= 4 is 5.65 Å². The highest BCUT2D eigenvalue weighted by atomic mass is 19.3. The minimum absolute atomic E-state index is 0.00300. The lowest BCUT2D eigenvalue weighted by Crippen LogP contribution is -2.36. The summed E-state index contributed by atoms with van der Waals surface area (Å²) in [6.45, 7) is 0. The Morgan fingerprint density at radius 2 is 2.00 bits per heavy atom. The fraction of sp³-hybridized carbons (Fsp3) is 0.474. The predicted molar refractivity (Wildman–Crippen MR) is 95.6 cm³/mol. The van der Waals surface area contributed by atoms with Gasteiger partial charge in [-0.15, -0.1) is 0 Å². The summed E-state index contributed by atoms with van der Waals surface area (Å²) in [7, 11) is 3.01. The number of alkyl halides is 2. The van der Waals surface area contributed by atoms with E-state index in [4.69, 9.17) is 9.47 Å². The number of methoxy groups -OCH3 is 2. The molecule has 3 aromatic heterocycles. The van der Waals surface area contributed by atoms with Gasteiger partial charge in [-0.3, -0.25) is 0 Å². The van der Waals surface area contributed by atoms with Crippen molar-refractivity contribution in [2.24, 2.45) is 11.8 Å². The van der Waals surface area contributed by atoms with Gasteiger partial charge in [0.1, 0.15) is 0 Å². The minimum Gasteiger partial charge on any atom is -0.480 e. The molecule has 0 saturated heterocycles. The molecule has 0 aliphatic heterocycles. The first-order valence-corrected chi connectivity index (χ1v) is 9.16. The van der Waals surface area contributed by atoms with Crippen molar-refractivity contribution in [2.45, 2.75) is 31.1 Å². The third kappa shape index (κ3) is 2.76. The number of halogens is 2. The van der Waals surface area contributed by atoms with Crippen molar-refractivity contribution in [3.63, 3.8) is 0 Å². The molecule has 0 amide bonds. The Hall–Kier alpha value is -2.84. The van der Waals surface area contributed by atoms with Crippen molar-refractivity contribution in [1.29, 1.82) is 0 Å². The van der Waals surface area contributed by atoms with Crippen molar-refractivity contribution < 1.29 is 18.3 Å². The Bertz CT molecular complexity index is 1050. The van der Waals surface area contributed by atoms with Crippen LogP contribution in [0.5, 0.6) is 11.9 Å². The molecule has 0 unspecified atom stereocenters. The van der Waals surface area contributed by atoms with E-state index < -0.39 is 5.92 Å². The Labute approximate surface area is 159 Å². The maximum Gasteiger partial charge on any atom is 0.319 e. The first kappa shape index (κ1) is 17.3. The van der Waals surface area contributed by atoms with E-state index in [0.717, 1.165) is 17.6 Å². The van der Waals surface area contributed by atoms with Crippen LogP contribution in [0, 0.1) is 11.8 Å². The summed E-state index contributed by atoms with van der Waals surface area (Å²) in [5.41, 5.74) is 3.06. The van der Waals surface area contributed by atoms with Gasteiger partial charge in [0.05, 0.1) is 25.5 Å². The Morgan fingerprint density at radius 3 is 2.71 bits per heavy atom. The molecule has 2 aliphatic carbocycles. The predicted octanol–water partition coefficient (Wildman–Crippen LogP) is 3.35.